The van der Waals surface area contributed by atoms with Gasteiger partial charge in [0, 0.05) is 5.02 Å². The van der Waals surface area contributed by atoms with Crippen molar-refractivity contribution in [2.24, 2.45) is 0 Å². The van der Waals surface area contributed by atoms with Gasteiger partial charge in [-0.05, 0) is 42.7 Å². The monoisotopic (exact) mass is 367 g/mol. The van der Waals surface area contributed by atoms with Crippen molar-refractivity contribution in [2.75, 3.05) is 39.3 Å². The standard InChI is InChI=1S/C16H19ClN4O2S/c1-12-15(24-19-18-12)16(22)21-8-6-20(7-9-21)10-11-23-14-4-2-13(17)3-5-14/h2-5H,6-11H2,1H3/p+1. The molecule has 1 N–H and O–H groups in total. The molecule has 128 valence electrons. The van der Waals surface area contributed by atoms with Crippen LogP contribution in [0.2, 0.25) is 5.02 Å². The fraction of sp³-hybridized carbons (Fsp3) is 0.438. The molecule has 0 bridgehead atoms. The summed E-state index contributed by atoms with van der Waals surface area (Å²) in [6.07, 6.45) is 0. The minimum atomic E-state index is 0.0546. The third-order valence-corrected chi connectivity index (χ3v) is 5.21. The summed E-state index contributed by atoms with van der Waals surface area (Å²) < 4.78 is 9.58. The Morgan fingerprint density at radius 2 is 2.04 bits per heavy atom. The van der Waals surface area contributed by atoms with E-state index in [1.54, 1.807) is 0 Å². The van der Waals surface area contributed by atoms with Gasteiger partial charge in [-0.15, -0.1) is 5.10 Å². The Morgan fingerprint density at radius 1 is 1.33 bits per heavy atom. The van der Waals surface area contributed by atoms with E-state index in [1.165, 1.54) is 16.4 Å². The van der Waals surface area contributed by atoms with Crippen LogP contribution in [-0.4, -0.2) is 59.7 Å². The molecule has 0 unspecified atom stereocenters. The molecule has 24 heavy (non-hydrogen) atoms. The number of nitrogens with one attached hydrogen (secondary N) is 1. The Morgan fingerprint density at radius 3 is 2.67 bits per heavy atom. The van der Waals surface area contributed by atoms with E-state index < -0.39 is 0 Å². The predicted octanol–water partition coefficient (Wildman–Crippen LogP) is 0.920. The molecule has 1 aromatic heterocycles. The van der Waals surface area contributed by atoms with Gasteiger partial charge >= 0.3 is 0 Å². The minimum Gasteiger partial charge on any atom is -0.488 e. The molecule has 8 heteroatoms. The summed E-state index contributed by atoms with van der Waals surface area (Å²) in [6.45, 7) is 6.78. The van der Waals surface area contributed by atoms with E-state index in [0.29, 0.717) is 16.5 Å². The molecule has 1 aliphatic heterocycles. The number of hydrogen-bond donors (Lipinski definition) is 1. The number of rotatable bonds is 5. The van der Waals surface area contributed by atoms with Crippen LogP contribution in [0.15, 0.2) is 24.3 Å². The molecule has 0 aliphatic carbocycles. The number of ether oxygens (including phenoxy) is 1. The van der Waals surface area contributed by atoms with Crippen LogP contribution in [0.1, 0.15) is 15.4 Å². The number of halogens is 1. The minimum absolute atomic E-state index is 0.0546. The molecule has 1 aliphatic rings. The Kier molecular flexibility index (Phi) is 5.65. The van der Waals surface area contributed by atoms with Crippen molar-refractivity contribution >= 4 is 29.0 Å². The number of aryl methyl sites for hydroxylation is 1. The van der Waals surface area contributed by atoms with Crippen LogP contribution in [0, 0.1) is 6.92 Å². The van der Waals surface area contributed by atoms with Crippen molar-refractivity contribution in [3.05, 3.63) is 39.9 Å². The van der Waals surface area contributed by atoms with Gasteiger partial charge in [0.15, 0.2) is 0 Å². The highest BCUT2D eigenvalue weighted by Gasteiger charge is 2.26. The molecule has 1 aromatic carbocycles. The number of amides is 1. The molecule has 0 spiro atoms. The summed E-state index contributed by atoms with van der Waals surface area (Å²) in [5.41, 5.74) is 0.719. The molecule has 6 nitrogen and oxygen atoms in total. The lowest BCUT2D eigenvalue weighted by Gasteiger charge is -2.31. The first-order chi connectivity index (χ1) is 11.6. The van der Waals surface area contributed by atoms with Crippen molar-refractivity contribution in [1.82, 2.24) is 14.5 Å². The van der Waals surface area contributed by atoms with E-state index in [-0.39, 0.29) is 5.91 Å². The number of carbonyl (C=O) groups excluding carboxylic acids is 1. The zero-order chi connectivity index (χ0) is 16.9. The van der Waals surface area contributed by atoms with Crippen LogP contribution < -0.4 is 9.64 Å². The molecule has 3 rings (SSSR count). The zero-order valence-corrected chi connectivity index (χ0v) is 15.1. The highest BCUT2D eigenvalue weighted by Crippen LogP contribution is 2.15. The molecular formula is C16H20ClN4O2S+. The van der Waals surface area contributed by atoms with Crippen LogP contribution >= 0.6 is 23.1 Å². The average Bonchev–Trinajstić information content (AvgIpc) is 3.03. The molecule has 2 aromatic rings. The van der Waals surface area contributed by atoms with E-state index in [4.69, 9.17) is 16.3 Å². The summed E-state index contributed by atoms with van der Waals surface area (Å²) >= 11 is 7.03. The largest absolute Gasteiger partial charge is 0.488 e. The molecule has 0 atom stereocenters. The van der Waals surface area contributed by atoms with Gasteiger partial charge in [-0.1, -0.05) is 16.1 Å². The normalized spacial score (nSPS) is 15.5. The number of quaternary nitrogens is 1. The summed E-state index contributed by atoms with van der Waals surface area (Å²) in [5, 5.41) is 4.62. The second kappa shape index (κ2) is 7.92. The topological polar surface area (TPSA) is 59.8 Å². The van der Waals surface area contributed by atoms with Crippen LogP contribution in [0.4, 0.5) is 0 Å². The van der Waals surface area contributed by atoms with Crippen molar-refractivity contribution in [3.8, 4) is 5.75 Å². The van der Waals surface area contributed by atoms with Crippen LogP contribution in [0.5, 0.6) is 5.75 Å². The van der Waals surface area contributed by atoms with Gasteiger partial charge in [0.1, 0.15) is 23.8 Å². The molecule has 0 radical (unpaired) electrons. The van der Waals surface area contributed by atoms with Crippen molar-refractivity contribution in [2.45, 2.75) is 6.92 Å². The molecular weight excluding hydrogens is 348 g/mol. The molecule has 1 fully saturated rings. The molecule has 0 saturated carbocycles. The van der Waals surface area contributed by atoms with Crippen LogP contribution in [-0.2, 0) is 0 Å². The maximum absolute atomic E-state index is 12.4. The van der Waals surface area contributed by atoms with Gasteiger partial charge in [-0.25, -0.2) is 0 Å². The van der Waals surface area contributed by atoms with Gasteiger partial charge < -0.3 is 14.5 Å². The Labute approximate surface area is 150 Å². The maximum Gasteiger partial charge on any atom is 0.267 e. The SMILES string of the molecule is Cc1nnsc1C(=O)N1CC[NH+](CCOc2ccc(Cl)cc2)CC1. The average molecular weight is 368 g/mol. The molecule has 1 amide bonds. The Hall–Kier alpha value is -1.70. The molecule has 2 heterocycles. The second-order valence-electron chi connectivity index (χ2n) is 5.78. The first-order valence-corrected chi connectivity index (χ1v) is 9.09. The zero-order valence-electron chi connectivity index (χ0n) is 13.5. The number of nitrogens with zero attached hydrogens (tertiary/aromatic N) is 3. The van der Waals surface area contributed by atoms with Crippen molar-refractivity contribution in [1.29, 1.82) is 0 Å². The van der Waals surface area contributed by atoms with Gasteiger partial charge in [0.05, 0.1) is 31.9 Å². The van der Waals surface area contributed by atoms with E-state index >= 15 is 0 Å². The quantitative estimate of drug-likeness (QED) is 0.853. The summed E-state index contributed by atoms with van der Waals surface area (Å²) in [7, 11) is 0. The lowest BCUT2D eigenvalue weighted by Crippen LogP contribution is -3.15. The summed E-state index contributed by atoms with van der Waals surface area (Å²) in [5.74, 6) is 0.889. The Balaban J connectivity index is 1.41. The lowest BCUT2D eigenvalue weighted by atomic mass is 10.2. The maximum atomic E-state index is 12.4. The fourth-order valence-electron chi connectivity index (χ4n) is 2.69. The van der Waals surface area contributed by atoms with E-state index in [0.717, 1.165) is 44.2 Å². The second-order valence-corrected chi connectivity index (χ2v) is 6.97. The van der Waals surface area contributed by atoms with E-state index in [2.05, 4.69) is 9.59 Å². The Bertz CT molecular complexity index is 684. The van der Waals surface area contributed by atoms with E-state index in [9.17, 15) is 4.79 Å². The van der Waals surface area contributed by atoms with Gasteiger partial charge in [0.25, 0.3) is 5.91 Å². The third-order valence-electron chi connectivity index (χ3n) is 4.14. The fourth-order valence-corrected chi connectivity index (χ4v) is 3.44. The van der Waals surface area contributed by atoms with Gasteiger partial charge in [-0.2, -0.15) is 0 Å². The van der Waals surface area contributed by atoms with Crippen LogP contribution in [0.3, 0.4) is 0 Å². The smallest absolute Gasteiger partial charge is 0.267 e. The van der Waals surface area contributed by atoms with E-state index in [1.807, 2.05) is 36.1 Å². The number of benzene rings is 1. The van der Waals surface area contributed by atoms with Gasteiger partial charge in [-0.3, -0.25) is 4.79 Å². The third kappa shape index (κ3) is 4.23. The first-order valence-electron chi connectivity index (χ1n) is 7.93. The number of piperazine rings is 1. The van der Waals surface area contributed by atoms with Crippen molar-refractivity contribution in [3.63, 3.8) is 0 Å². The highest BCUT2D eigenvalue weighted by molar-refractivity contribution is 7.07. The lowest BCUT2D eigenvalue weighted by molar-refractivity contribution is -0.903. The number of aromatic nitrogens is 2. The molecule has 1 saturated heterocycles. The predicted molar refractivity (Wildman–Crippen MR) is 93.1 cm³/mol. The first kappa shape index (κ1) is 17.1. The van der Waals surface area contributed by atoms with Gasteiger partial charge in [0.2, 0.25) is 0 Å². The number of hydrogen-bond acceptors (Lipinski definition) is 5. The van der Waals surface area contributed by atoms with Crippen molar-refractivity contribution < 1.29 is 14.4 Å². The summed E-state index contributed by atoms with van der Waals surface area (Å²) in [6, 6.07) is 7.40. The highest BCUT2D eigenvalue weighted by atomic mass is 35.5. The summed E-state index contributed by atoms with van der Waals surface area (Å²) in [4.78, 5) is 16.4. The van der Waals surface area contributed by atoms with Crippen LogP contribution in [0.25, 0.3) is 0 Å². The number of carbonyl (C=O) groups is 1.